The summed E-state index contributed by atoms with van der Waals surface area (Å²) in [4.78, 5) is 25.0. The molecule has 0 unspecified atom stereocenters. The standard InChI is InChI=1S/C16H16F2N2O2/c1-2-14(21)19-11-5-6-13-10(8-11)4-3-7-20(13)15(22)12-9-16(12,17)18/h2,5-6,8,12H,1,3-4,7,9H2,(H,19,21)/t12-/m1/s1. The molecule has 116 valence electrons. The Balaban J connectivity index is 1.83. The van der Waals surface area contributed by atoms with Gasteiger partial charge in [-0.15, -0.1) is 0 Å². The highest BCUT2D eigenvalue weighted by molar-refractivity contribution is 6.01. The van der Waals surface area contributed by atoms with Gasteiger partial charge in [0.15, 0.2) is 0 Å². The number of carbonyl (C=O) groups is 2. The van der Waals surface area contributed by atoms with E-state index in [4.69, 9.17) is 0 Å². The maximum Gasteiger partial charge on any atom is 0.260 e. The first-order valence-corrected chi connectivity index (χ1v) is 7.18. The zero-order valence-electron chi connectivity index (χ0n) is 11.9. The SMILES string of the molecule is C=CC(=O)Nc1ccc2c(c1)CCCN2C(=O)[C@H]1CC1(F)F. The quantitative estimate of drug-likeness (QED) is 0.873. The van der Waals surface area contributed by atoms with Crippen LogP contribution in [-0.4, -0.2) is 24.3 Å². The highest BCUT2D eigenvalue weighted by Gasteiger charge is 2.62. The van der Waals surface area contributed by atoms with Gasteiger partial charge in [-0.3, -0.25) is 9.59 Å². The summed E-state index contributed by atoms with van der Waals surface area (Å²) < 4.78 is 26.2. The van der Waals surface area contributed by atoms with Crippen molar-refractivity contribution in [2.45, 2.75) is 25.2 Å². The average molecular weight is 306 g/mol. The fourth-order valence-corrected chi connectivity index (χ4v) is 2.77. The fourth-order valence-electron chi connectivity index (χ4n) is 2.77. The molecule has 22 heavy (non-hydrogen) atoms. The smallest absolute Gasteiger partial charge is 0.260 e. The molecule has 1 heterocycles. The topological polar surface area (TPSA) is 49.4 Å². The zero-order valence-corrected chi connectivity index (χ0v) is 11.9. The number of fused-ring (bicyclic) bond motifs is 1. The first-order valence-electron chi connectivity index (χ1n) is 7.18. The van der Waals surface area contributed by atoms with Crippen LogP contribution in [0.5, 0.6) is 0 Å². The van der Waals surface area contributed by atoms with E-state index in [0.717, 1.165) is 18.4 Å². The van der Waals surface area contributed by atoms with Crippen LogP contribution in [0.15, 0.2) is 30.9 Å². The summed E-state index contributed by atoms with van der Waals surface area (Å²) in [5.41, 5.74) is 2.15. The van der Waals surface area contributed by atoms with Crippen LogP contribution in [-0.2, 0) is 16.0 Å². The minimum absolute atomic E-state index is 0.318. The highest BCUT2D eigenvalue weighted by Crippen LogP contribution is 2.50. The Morgan fingerprint density at radius 1 is 1.41 bits per heavy atom. The number of nitrogens with zero attached hydrogens (tertiary/aromatic N) is 1. The molecule has 0 bridgehead atoms. The Morgan fingerprint density at radius 3 is 2.77 bits per heavy atom. The number of anilines is 2. The Morgan fingerprint density at radius 2 is 2.14 bits per heavy atom. The molecule has 0 aromatic heterocycles. The zero-order chi connectivity index (χ0) is 15.9. The van der Waals surface area contributed by atoms with Gasteiger partial charge >= 0.3 is 0 Å². The molecule has 0 saturated heterocycles. The number of amides is 2. The van der Waals surface area contributed by atoms with E-state index in [-0.39, 0.29) is 12.3 Å². The van der Waals surface area contributed by atoms with Gasteiger partial charge in [0.2, 0.25) is 11.8 Å². The predicted molar refractivity (Wildman–Crippen MR) is 79.0 cm³/mol. The molecule has 3 rings (SSSR count). The molecule has 0 spiro atoms. The van der Waals surface area contributed by atoms with Gasteiger partial charge in [0.05, 0.1) is 0 Å². The molecule has 1 fully saturated rings. The first-order chi connectivity index (χ1) is 10.4. The molecule has 1 N–H and O–H groups in total. The Hall–Kier alpha value is -2.24. The number of rotatable bonds is 3. The normalized spacial score (nSPS) is 21.7. The van der Waals surface area contributed by atoms with Crippen molar-refractivity contribution in [1.29, 1.82) is 0 Å². The van der Waals surface area contributed by atoms with Gasteiger partial charge in [-0.1, -0.05) is 6.58 Å². The van der Waals surface area contributed by atoms with Gasteiger partial charge in [0.25, 0.3) is 5.92 Å². The lowest BCUT2D eigenvalue weighted by atomic mass is 10.0. The van der Waals surface area contributed by atoms with Crippen molar-refractivity contribution in [3.8, 4) is 0 Å². The summed E-state index contributed by atoms with van der Waals surface area (Å²) in [5, 5.41) is 2.65. The first kappa shape index (κ1) is 14.7. The van der Waals surface area contributed by atoms with Crippen molar-refractivity contribution in [2.24, 2.45) is 5.92 Å². The molecular weight excluding hydrogens is 290 g/mol. The number of benzene rings is 1. The number of hydrogen-bond acceptors (Lipinski definition) is 2. The van der Waals surface area contributed by atoms with Gasteiger partial charge in [-0.05, 0) is 42.7 Å². The van der Waals surface area contributed by atoms with Crippen molar-refractivity contribution < 1.29 is 18.4 Å². The van der Waals surface area contributed by atoms with E-state index in [1.807, 2.05) is 0 Å². The second kappa shape index (κ2) is 5.19. The molecule has 1 aromatic rings. The lowest BCUT2D eigenvalue weighted by Crippen LogP contribution is -2.37. The lowest BCUT2D eigenvalue weighted by Gasteiger charge is -2.30. The third-order valence-electron chi connectivity index (χ3n) is 4.04. The largest absolute Gasteiger partial charge is 0.323 e. The average Bonchev–Trinajstić information content (AvgIpc) is 3.14. The van der Waals surface area contributed by atoms with Crippen LogP contribution < -0.4 is 10.2 Å². The summed E-state index contributed by atoms with van der Waals surface area (Å²) >= 11 is 0. The van der Waals surface area contributed by atoms with Crippen LogP contribution >= 0.6 is 0 Å². The third-order valence-corrected chi connectivity index (χ3v) is 4.04. The third kappa shape index (κ3) is 2.61. The number of nitrogens with one attached hydrogen (secondary N) is 1. The van der Waals surface area contributed by atoms with Crippen molar-refractivity contribution >= 4 is 23.2 Å². The van der Waals surface area contributed by atoms with Crippen LogP contribution in [0.2, 0.25) is 0 Å². The van der Waals surface area contributed by atoms with Crippen LogP contribution in [0.1, 0.15) is 18.4 Å². The van der Waals surface area contributed by atoms with E-state index in [9.17, 15) is 18.4 Å². The summed E-state index contributed by atoms with van der Waals surface area (Å²) in [6.07, 6.45) is 2.28. The molecule has 1 saturated carbocycles. The molecule has 4 nitrogen and oxygen atoms in total. The predicted octanol–water partition coefficient (Wildman–Crippen LogP) is 2.75. The summed E-state index contributed by atoms with van der Waals surface area (Å²) in [5.74, 6) is -4.86. The van der Waals surface area contributed by atoms with E-state index < -0.39 is 17.7 Å². The summed E-state index contributed by atoms with van der Waals surface area (Å²) in [6, 6.07) is 5.14. The van der Waals surface area contributed by atoms with Crippen LogP contribution in [0, 0.1) is 5.92 Å². The van der Waals surface area contributed by atoms with E-state index in [2.05, 4.69) is 11.9 Å². The second-order valence-corrected chi connectivity index (χ2v) is 5.65. The Bertz CT molecular complexity index is 658. The molecule has 1 aliphatic heterocycles. The molecule has 1 aliphatic carbocycles. The highest BCUT2D eigenvalue weighted by atomic mass is 19.3. The number of alkyl halides is 2. The monoisotopic (exact) mass is 306 g/mol. The maximum atomic E-state index is 13.1. The van der Waals surface area contributed by atoms with Crippen molar-refractivity contribution in [1.82, 2.24) is 0 Å². The maximum absolute atomic E-state index is 13.1. The molecule has 6 heteroatoms. The van der Waals surface area contributed by atoms with E-state index >= 15 is 0 Å². The number of carbonyl (C=O) groups excluding carboxylic acids is 2. The van der Waals surface area contributed by atoms with Gasteiger partial charge in [-0.2, -0.15) is 0 Å². The molecule has 1 aromatic carbocycles. The van der Waals surface area contributed by atoms with Gasteiger partial charge in [-0.25, -0.2) is 8.78 Å². The van der Waals surface area contributed by atoms with E-state index in [1.54, 1.807) is 18.2 Å². The minimum atomic E-state index is -2.85. The van der Waals surface area contributed by atoms with Crippen LogP contribution in [0.3, 0.4) is 0 Å². The second-order valence-electron chi connectivity index (χ2n) is 5.65. The lowest BCUT2D eigenvalue weighted by molar-refractivity contribution is -0.122. The number of hydrogen-bond donors (Lipinski definition) is 1. The van der Waals surface area contributed by atoms with Gasteiger partial charge in [0, 0.05) is 24.3 Å². The minimum Gasteiger partial charge on any atom is -0.323 e. The van der Waals surface area contributed by atoms with Crippen molar-refractivity contribution in [3.63, 3.8) is 0 Å². The van der Waals surface area contributed by atoms with Crippen LogP contribution in [0.25, 0.3) is 0 Å². The number of halogens is 2. The number of aryl methyl sites for hydroxylation is 1. The van der Waals surface area contributed by atoms with E-state index in [0.29, 0.717) is 17.9 Å². The van der Waals surface area contributed by atoms with Gasteiger partial charge < -0.3 is 10.2 Å². The molecule has 0 radical (unpaired) electrons. The van der Waals surface area contributed by atoms with Crippen molar-refractivity contribution in [2.75, 3.05) is 16.8 Å². The van der Waals surface area contributed by atoms with E-state index in [1.165, 1.54) is 11.0 Å². The fraction of sp³-hybridized carbons (Fsp3) is 0.375. The van der Waals surface area contributed by atoms with Gasteiger partial charge in [0.1, 0.15) is 5.92 Å². The molecular formula is C16H16F2N2O2. The Labute approximate surface area is 126 Å². The van der Waals surface area contributed by atoms with Crippen molar-refractivity contribution in [3.05, 3.63) is 36.4 Å². The Kier molecular flexibility index (Phi) is 3.47. The summed E-state index contributed by atoms with van der Waals surface area (Å²) in [7, 11) is 0. The van der Waals surface area contributed by atoms with Crippen LogP contribution in [0.4, 0.5) is 20.2 Å². The molecule has 2 amide bonds. The molecule has 2 aliphatic rings. The molecule has 1 atom stereocenters. The summed E-state index contributed by atoms with van der Waals surface area (Å²) in [6.45, 7) is 3.84.